The van der Waals surface area contributed by atoms with E-state index >= 15 is 0 Å². The zero-order chi connectivity index (χ0) is 15.4. The SMILES string of the molecule is Cc1ccc(CC(=O)NC2CC(c3ccncc3)NN2)cc1. The zero-order valence-corrected chi connectivity index (χ0v) is 12.5. The van der Waals surface area contributed by atoms with Gasteiger partial charge in [-0.15, -0.1) is 0 Å². The van der Waals surface area contributed by atoms with E-state index in [-0.39, 0.29) is 18.1 Å². The topological polar surface area (TPSA) is 66.0 Å². The summed E-state index contributed by atoms with van der Waals surface area (Å²) in [5, 5.41) is 3.01. The average Bonchev–Trinajstić information content (AvgIpc) is 2.99. The van der Waals surface area contributed by atoms with Crippen LogP contribution in [0.15, 0.2) is 48.8 Å². The lowest BCUT2D eigenvalue weighted by molar-refractivity contribution is -0.121. The Morgan fingerprint density at radius 1 is 1.18 bits per heavy atom. The number of rotatable bonds is 4. The molecule has 2 aromatic rings. The van der Waals surface area contributed by atoms with Crippen molar-refractivity contribution in [2.75, 3.05) is 0 Å². The molecule has 1 aliphatic rings. The van der Waals surface area contributed by atoms with Crippen LogP contribution in [0.4, 0.5) is 0 Å². The Morgan fingerprint density at radius 2 is 1.91 bits per heavy atom. The van der Waals surface area contributed by atoms with Crippen molar-refractivity contribution in [3.05, 3.63) is 65.5 Å². The molecule has 1 saturated heterocycles. The third-order valence-corrected chi connectivity index (χ3v) is 3.83. The van der Waals surface area contributed by atoms with Crippen molar-refractivity contribution in [1.29, 1.82) is 0 Å². The number of nitrogens with one attached hydrogen (secondary N) is 3. The van der Waals surface area contributed by atoms with Gasteiger partial charge in [-0.05, 0) is 30.2 Å². The first-order chi connectivity index (χ1) is 10.7. The van der Waals surface area contributed by atoms with Gasteiger partial charge in [0.25, 0.3) is 0 Å². The molecule has 2 atom stereocenters. The van der Waals surface area contributed by atoms with E-state index in [1.54, 1.807) is 12.4 Å². The van der Waals surface area contributed by atoms with Crippen LogP contribution >= 0.6 is 0 Å². The highest BCUT2D eigenvalue weighted by Gasteiger charge is 2.25. The maximum Gasteiger partial charge on any atom is 0.225 e. The molecule has 1 aliphatic heterocycles. The first kappa shape index (κ1) is 14.7. The molecule has 5 nitrogen and oxygen atoms in total. The first-order valence-electron chi connectivity index (χ1n) is 7.46. The zero-order valence-electron chi connectivity index (χ0n) is 12.5. The lowest BCUT2D eigenvalue weighted by atomic mass is 10.1. The van der Waals surface area contributed by atoms with E-state index in [1.165, 1.54) is 5.56 Å². The molecule has 1 aromatic heterocycles. The highest BCUT2D eigenvalue weighted by molar-refractivity contribution is 5.78. The van der Waals surface area contributed by atoms with Crippen molar-refractivity contribution in [2.45, 2.75) is 32.0 Å². The maximum atomic E-state index is 12.1. The molecule has 0 bridgehead atoms. The number of carbonyl (C=O) groups excluding carboxylic acids is 1. The second-order valence-electron chi connectivity index (χ2n) is 5.64. The summed E-state index contributed by atoms with van der Waals surface area (Å²) in [7, 11) is 0. The summed E-state index contributed by atoms with van der Waals surface area (Å²) in [5.74, 6) is 0.0264. The van der Waals surface area contributed by atoms with Crippen molar-refractivity contribution >= 4 is 5.91 Å². The van der Waals surface area contributed by atoms with E-state index in [4.69, 9.17) is 0 Å². The van der Waals surface area contributed by atoms with Crippen LogP contribution in [0, 0.1) is 6.92 Å². The Kier molecular flexibility index (Phi) is 4.46. The Labute approximate surface area is 130 Å². The number of nitrogens with zero attached hydrogens (tertiary/aromatic N) is 1. The molecule has 1 fully saturated rings. The number of hydrogen-bond donors (Lipinski definition) is 3. The molecule has 0 spiro atoms. The summed E-state index contributed by atoms with van der Waals surface area (Å²) >= 11 is 0. The standard InChI is InChI=1S/C17H20N4O/c1-12-2-4-13(5-3-12)10-17(22)19-16-11-15(20-21-16)14-6-8-18-9-7-14/h2-9,15-16,20-21H,10-11H2,1H3,(H,19,22). The van der Waals surface area contributed by atoms with E-state index in [0.29, 0.717) is 6.42 Å². The van der Waals surface area contributed by atoms with Gasteiger partial charge in [0, 0.05) is 24.9 Å². The quantitative estimate of drug-likeness (QED) is 0.802. The first-order valence-corrected chi connectivity index (χ1v) is 7.46. The van der Waals surface area contributed by atoms with Gasteiger partial charge in [0.05, 0.1) is 12.6 Å². The van der Waals surface area contributed by atoms with Gasteiger partial charge in [-0.1, -0.05) is 29.8 Å². The molecule has 0 aliphatic carbocycles. The molecule has 0 saturated carbocycles. The van der Waals surface area contributed by atoms with Gasteiger partial charge < -0.3 is 5.32 Å². The predicted molar refractivity (Wildman–Crippen MR) is 84.7 cm³/mol. The minimum absolute atomic E-state index is 0.0264. The van der Waals surface area contributed by atoms with Crippen molar-refractivity contribution in [3.63, 3.8) is 0 Å². The van der Waals surface area contributed by atoms with Crippen LogP contribution in [0.25, 0.3) is 0 Å². The number of hydrogen-bond acceptors (Lipinski definition) is 4. The Bertz CT molecular complexity index is 627. The summed E-state index contributed by atoms with van der Waals surface area (Å²) in [5.41, 5.74) is 9.73. The summed E-state index contributed by atoms with van der Waals surface area (Å²) in [6.45, 7) is 2.04. The van der Waals surface area contributed by atoms with Gasteiger partial charge >= 0.3 is 0 Å². The van der Waals surface area contributed by atoms with Crippen LogP contribution in [-0.4, -0.2) is 17.1 Å². The molecule has 0 radical (unpaired) electrons. The smallest absolute Gasteiger partial charge is 0.225 e. The van der Waals surface area contributed by atoms with Gasteiger partial charge in [-0.3, -0.25) is 9.78 Å². The number of aromatic nitrogens is 1. The number of pyridine rings is 1. The molecule has 2 unspecified atom stereocenters. The van der Waals surface area contributed by atoms with Gasteiger partial charge in [0.1, 0.15) is 0 Å². The van der Waals surface area contributed by atoms with Crippen LogP contribution in [-0.2, 0) is 11.2 Å². The fourth-order valence-electron chi connectivity index (χ4n) is 2.60. The Hall–Kier alpha value is -2.24. The van der Waals surface area contributed by atoms with Gasteiger partial charge in [0.2, 0.25) is 5.91 Å². The van der Waals surface area contributed by atoms with E-state index in [0.717, 1.165) is 17.5 Å². The number of carbonyl (C=O) groups is 1. The van der Waals surface area contributed by atoms with Crippen molar-refractivity contribution in [2.24, 2.45) is 0 Å². The van der Waals surface area contributed by atoms with Gasteiger partial charge in [-0.25, -0.2) is 10.9 Å². The van der Waals surface area contributed by atoms with Crippen LogP contribution in [0.5, 0.6) is 0 Å². The monoisotopic (exact) mass is 296 g/mol. The van der Waals surface area contributed by atoms with Crippen LogP contribution < -0.4 is 16.2 Å². The number of hydrazine groups is 1. The van der Waals surface area contributed by atoms with Crippen LogP contribution in [0.3, 0.4) is 0 Å². The lowest BCUT2D eigenvalue weighted by Gasteiger charge is -2.12. The molecule has 1 amide bonds. The highest BCUT2D eigenvalue weighted by atomic mass is 16.1. The van der Waals surface area contributed by atoms with Gasteiger partial charge in [0.15, 0.2) is 0 Å². The molecule has 2 heterocycles. The average molecular weight is 296 g/mol. The van der Waals surface area contributed by atoms with Crippen molar-refractivity contribution < 1.29 is 4.79 Å². The number of aryl methyl sites for hydroxylation is 1. The molecule has 1 aromatic carbocycles. The summed E-state index contributed by atoms with van der Waals surface area (Å²) in [4.78, 5) is 16.1. The molecule has 114 valence electrons. The number of amides is 1. The molecular formula is C17H20N4O. The molecule has 3 rings (SSSR count). The van der Waals surface area contributed by atoms with Crippen LogP contribution in [0.1, 0.15) is 29.2 Å². The highest BCUT2D eigenvalue weighted by Crippen LogP contribution is 2.20. The van der Waals surface area contributed by atoms with Crippen molar-refractivity contribution in [1.82, 2.24) is 21.2 Å². The van der Waals surface area contributed by atoms with E-state index in [2.05, 4.69) is 21.2 Å². The summed E-state index contributed by atoms with van der Waals surface area (Å²) in [6, 6.07) is 12.2. The fourth-order valence-corrected chi connectivity index (χ4v) is 2.60. The number of benzene rings is 1. The lowest BCUT2D eigenvalue weighted by Crippen LogP contribution is -2.44. The minimum Gasteiger partial charge on any atom is -0.339 e. The normalized spacial score (nSPS) is 20.8. The molecular weight excluding hydrogens is 276 g/mol. The third kappa shape index (κ3) is 3.69. The predicted octanol–water partition coefficient (Wildman–Crippen LogP) is 1.61. The van der Waals surface area contributed by atoms with Crippen LogP contribution in [0.2, 0.25) is 0 Å². The Morgan fingerprint density at radius 3 is 2.64 bits per heavy atom. The molecule has 22 heavy (non-hydrogen) atoms. The van der Waals surface area contributed by atoms with E-state index < -0.39 is 0 Å². The third-order valence-electron chi connectivity index (χ3n) is 3.83. The van der Waals surface area contributed by atoms with E-state index in [1.807, 2.05) is 43.3 Å². The van der Waals surface area contributed by atoms with Crippen molar-refractivity contribution in [3.8, 4) is 0 Å². The van der Waals surface area contributed by atoms with Gasteiger partial charge in [-0.2, -0.15) is 0 Å². The second kappa shape index (κ2) is 6.68. The summed E-state index contributed by atoms with van der Waals surface area (Å²) in [6.07, 6.45) is 4.71. The molecule has 5 heteroatoms. The summed E-state index contributed by atoms with van der Waals surface area (Å²) < 4.78 is 0. The Balaban J connectivity index is 1.51. The largest absolute Gasteiger partial charge is 0.339 e. The maximum absolute atomic E-state index is 12.1. The second-order valence-corrected chi connectivity index (χ2v) is 5.64. The molecule has 3 N–H and O–H groups in total. The minimum atomic E-state index is -0.0592. The van der Waals surface area contributed by atoms with E-state index in [9.17, 15) is 4.79 Å². The fraction of sp³-hybridized carbons (Fsp3) is 0.294.